The fourth-order valence-electron chi connectivity index (χ4n) is 2.13. The Hall–Kier alpha value is -0.760. The zero-order valence-corrected chi connectivity index (χ0v) is 13.9. The number of rotatable bonds is 6. The third-order valence-electron chi connectivity index (χ3n) is 3.30. The summed E-state index contributed by atoms with van der Waals surface area (Å²) >= 11 is 0. The van der Waals surface area contributed by atoms with Crippen LogP contribution in [0.15, 0.2) is 6.20 Å². The van der Waals surface area contributed by atoms with Gasteiger partial charge in [-0.1, -0.05) is 0 Å². The third-order valence-corrected chi connectivity index (χ3v) is 4.98. The van der Waals surface area contributed by atoms with E-state index < -0.39 is 6.10 Å². The molecule has 3 unspecified atom stereocenters. The molecule has 0 aromatic carbocycles. The number of β-amino-alcohol motifs (C(OH)–C–C–N with tert-alkyl or cyclic N) is 1. The van der Waals surface area contributed by atoms with Crippen LogP contribution in [0.2, 0.25) is 0 Å². The van der Waals surface area contributed by atoms with Gasteiger partial charge < -0.3 is 20.5 Å². The van der Waals surface area contributed by atoms with E-state index in [0.717, 1.165) is 13.1 Å². The molecule has 1 aromatic rings. The number of ether oxygens (including phenoxy) is 1. The van der Waals surface area contributed by atoms with E-state index in [1.165, 1.54) is 12.8 Å². The summed E-state index contributed by atoms with van der Waals surface area (Å²) in [6.45, 7) is 9.03. The highest BCUT2D eigenvalue weighted by Crippen LogP contribution is 2.32. The van der Waals surface area contributed by atoms with Gasteiger partial charge in [-0.25, -0.2) is 0 Å². The van der Waals surface area contributed by atoms with E-state index in [1.54, 1.807) is 6.20 Å². The van der Waals surface area contributed by atoms with Crippen molar-refractivity contribution in [3.63, 3.8) is 0 Å². The molecule has 1 aromatic heterocycles. The third kappa shape index (κ3) is 5.86. The molecule has 7 heteroatoms. The normalized spacial score (nSPS) is 22.1. The van der Waals surface area contributed by atoms with Crippen molar-refractivity contribution >= 4 is 10.9 Å². The van der Waals surface area contributed by atoms with Gasteiger partial charge in [-0.05, 0) is 38.1 Å². The number of aromatic nitrogens is 2. The number of piperidine rings is 1. The van der Waals surface area contributed by atoms with Crippen molar-refractivity contribution in [2.24, 2.45) is 0 Å². The number of nitrogens with one attached hydrogen (secondary N) is 2. The first kappa shape index (κ1) is 16.6. The predicted molar refractivity (Wildman–Crippen MR) is 84.9 cm³/mol. The molecule has 0 spiro atoms. The molecule has 6 nitrogen and oxygen atoms in total. The Morgan fingerprint density at radius 1 is 1.57 bits per heavy atom. The number of hydrogen-bond acceptors (Lipinski definition) is 6. The Bertz CT molecular complexity index is 427. The van der Waals surface area contributed by atoms with Gasteiger partial charge in [0.25, 0.3) is 5.88 Å². The van der Waals surface area contributed by atoms with E-state index in [0.29, 0.717) is 17.7 Å². The van der Waals surface area contributed by atoms with Crippen LogP contribution in [0.3, 0.4) is 0 Å². The summed E-state index contributed by atoms with van der Waals surface area (Å²) in [4.78, 5) is 0. The van der Waals surface area contributed by atoms with Gasteiger partial charge in [-0.15, -0.1) is 0 Å². The maximum Gasteiger partial charge on any atom is 0.293 e. The van der Waals surface area contributed by atoms with Crippen LogP contribution in [0.5, 0.6) is 5.88 Å². The molecule has 0 aliphatic carbocycles. The van der Waals surface area contributed by atoms with Crippen LogP contribution >= 0.6 is 10.9 Å². The second-order valence-electron chi connectivity index (χ2n) is 6.52. The van der Waals surface area contributed by atoms with Gasteiger partial charge in [-0.3, -0.25) is 0 Å². The van der Waals surface area contributed by atoms with E-state index in [4.69, 9.17) is 4.74 Å². The standard InChI is InChI=1S/C14H27N4O2S/c1-14(2,3)16-7-11(19)10-20-13-9-17-21(18-13)12-5-4-6-15-8-12/h9,11-12,15-16,19H,4-8,10H2,1-3H3/q+1. The SMILES string of the molecule is CC(C)(C)NCC(O)COc1cn[s+](C2CCCNC2)n1. The largest absolute Gasteiger partial charge is 0.470 e. The van der Waals surface area contributed by atoms with E-state index in [2.05, 4.69) is 40.2 Å². The van der Waals surface area contributed by atoms with Crippen molar-refractivity contribution in [1.29, 1.82) is 0 Å². The Morgan fingerprint density at radius 3 is 3.05 bits per heavy atom. The van der Waals surface area contributed by atoms with Crippen LogP contribution in [0, 0.1) is 0 Å². The summed E-state index contributed by atoms with van der Waals surface area (Å²) in [5, 5.41) is 17.0. The molecular formula is C14H27N4O2S+. The predicted octanol–water partition coefficient (Wildman–Crippen LogP) is 1.28. The zero-order chi connectivity index (χ0) is 15.3. The van der Waals surface area contributed by atoms with Gasteiger partial charge in [0.15, 0.2) is 11.4 Å². The van der Waals surface area contributed by atoms with Crippen molar-refractivity contribution < 1.29 is 9.84 Å². The summed E-state index contributed by atoms with van der Waals surface area (Å²) in [6.07, 6.45) is 3.51. The summed E-state index contributed by atoms with van der Waals surface area (Å²) < 4.78 is 14.5. The molecule has 0 bridgehead atoms. The van der Waals surface area contributed by atoms with Gasteiger partial charge in [0.2, 0.25) is 10.9 Å². The molecule has 1 aliphatic rings. The first-order valence-corrected chi connectivity index (χ1v) is 8.77. The molecule has 2 rings (SSSR count). The maximum atomic E-state index is 9.89. The minimum Gasteiger partial charge on any atom is -0.470 e. The van der Waals surface area contributed by atoms with Crippen LogP contribution < -0.4 is 15.4 Å². The molecule has 21 heavy (non-hydrogen) atoms. The fourth-order valence-corrected chi connectivity index (χ4v) is 3.62. The molecule has 120 valence electrons. The van der Waals surface area contributed by atoms with Gasteiger partial charge in [0.05, 0.1) is 6.54 Å². The number of hydrogen-bond donors (Lipinski definition) is 3. The van der Waals surface area contributed by atoms with Crippen LogP contribution in [0.1, 0.15) is 38.9 Å². The zero-order valence-electron chi connectivity index (χ0n) is 13.1. The number of aliphatic hydroxyl groups excluding tert-OH is 1. The van der Waals surface area contributed by atoms with Crippen molar-refractivity contribution in [2.75, 3.05) is 26.2 Å². The number of aliphatic hydroxyl groups is 1. The molecule has 0 amide bonds. The lowest BCUT2D eigenvalue weighted by Crippen LogP contribution is -2.42. The van der Waals surface area contributed by atoms with Crippen molar-refractivity contribution in [2.45, 2.75) is 50.5 Å². The highest BCUT2D eigenvalue weighted by atomic mass is 32.2. The first-order valence-electron chi connectivity index (χ1n) is 7.57. The molecule has 0 radical (unpaired) electrons. The van der Waals surface area contributed by atoms with Crippen molar-refractivity contribution in [3.05, 3.63) is 6.20 Å². The van der Waals surface area contributed by atoms with Crippen LogP contribution in [-0.4, -0.2) is 51.7 Å². The summed E-state index contributed by atoms with van der Waals surface area (Å²) in [6, 6.07) is 0. The molecular weight excluding hydrogens is 288 g/mol. The second-order valence-corrected chi connectivity index (χ2v) is 8.17. The fraction of sp³-hybridized carbons (Fsp3) is 0.857. The molecule has 2 heterocycles. The minimum atomic E-state index is -0.543. The van der Waals surface area contributed by atoms with Gasteiger partial charge in [0.1, 0.15) is 12.7 Å². The minimum absolute atomic E-state index is 0.00618. The molecule has 1 saturated heterocycles. The van der Waals surface area contributed by atoms with Gasteiger partial charge in [-0.2, -0.15) is 0 Å². The summed E-state index contributed by atoms with van der Waals surface area (Å²) in [7, 11) is -0.304. The average molecular weight is 315 g/mol. The van der Waals surface area contributed by atoms with E-state index >= 15 is 0 Å². The molecule has 3 atom stereocenters. The van der Waals surface area contributed by atoms with Gasteiger partial charge in [0, 0.05) is 22.9 Å². The van der Waals surface area contributed by atoms with E-state index in [-0.39, 0.29) is 23.0 Å². The van der Waals surface area contributed by atoms with Gasteiger partial charge >= 0.3 is 0 Å². The lowest BCUT2D eigenvalue weighted by atomic mass is 10.1. The summed E-state index contributed by atoms with van der Waals surface area (Å²) in [5.41, 5.74) is -0.00618. The Labute approximate surface area is 129 Å². The second kappa shape index (κ2) is 7.49. The Kier molecular flexibility index (Phi) is 5.92. The molecule has 1 fully saturated rings. The van der Waals surface area contributed by atoms with Crippen LogP contribution in [0.4, 0.5) is 0 Å². The highest BCUT2D eigenvalue weighted by molar-refractivity contribution is 7.21. The molecule has 3 N–H and O–H groups in total. The monoisotopic (exact) mass is 315 g/mol. The Morgan fingerprint density at radius 2 is 2.38 bits per heavy atom. The highest BCUT2D eigenvalue weighted by Gasteiger charge is 2.28. The van der Waals surface area contributed by atoms with Crippen molar-refractivity contribution in [1.82, 2.24) is 19.4 Å². The molecule has 0 saturated carbocycles. The maximum absolute atomic E-state index is 9.89. The first-order chi connectivity index (χ1) is 9.94. The number of nitrogens with zero attached hydrogens (tertiary/aromatic N) is 2. The van der Waals surface area contributed by atoms with E-state index in [1.807, 2.05) is 0 Å². The quantitative estimate of drug-likeness (QED) is 0.686. The average Bonchev–Trinajstić information content (AvgIpc) is 2.92. The topological polar surface area (TPSA) is 79.3 Å². The van der Waals surface area contributed by atoms with Crippen LogP contribution in [0.25, 0.3) is 0 Å². The Balaban J connectivity index is 1.74. The summed E-state index contributed by atoms with van der Waals surface area (Å²) in [5.74, 6) is 0.554. The van der Waals surface area contributed by atoms with E-state index in [9.17, 15) is 5.11 Å². The lowest BCUT2D eigenvalue weighted by Gasteiger charge is -2.22. The molecule has 1 aliphatic heterocycles. The lowest BCUT2D eigenvalue weighted by molar-refractivity contribution is 0.0982. The smallest absolute Gasteiger partial charge is 0.293 e. The van der Waals surface area contributed by atoms with Crippen molar-refractivity contribution in [3.8, 4) is 5.88 Å². The van der Waals surface area contributed by atoms with Crippen LogP contribution in [-0.2, 0) is 0 Å².